The molecule has 0 atom stereocenters. The number of thiophene rings is 1. The Morgan fingerprint density at radius 2 is 1.21 bits per heavy atom. The molecule has 24 heavy (non-hydrogen) atoms. The van der Waals surface area contributed by atoms with Gasteiger partial charge in [0, 0.05) is 25.7 Å². The van der Waals surface area contributed by atoms with Crippen LogP contribution in [-0.2, 0) is 0 Å². The fraction of sp³-hybridized carbons (Fsp3) is 0.0435. The predicted octanol–water partition coefficient (Wildman–Crippen LogP) is 7.18. The average molecular weight is 324 g/mol. The molecule has 0 aliphatic rings. The third kappa shape index (κ3) is 1.92. The summed E-state index contributed by atoms with van der Waals surface area (Å²) in [7, 11) is 0. The molecule has 1 heterocycles. The van der Waals surface area contributed by atoms with Crippen LogP contribution in [0.4, 0.5) is 0 Å². The quantitative estimate of drug-likeness (QED) is 0.306. The topological polar surface area (TPSA) is 0 Å². The van der Waals surface area contributed by atoms with Gasteiger partial charge in [0.25, 0.3) is 0 Å². The van der Waals surface area contributed by atoms with Gasteiger partial charge in [-0.05, 0) is 34.9 Å². The van der Waals surface area contributed by atoms with Gasteiger partial charge in [-0.15, -0.1) is 11.3 Å². The molecule has 0 bridgehead atoms. The Morgan fingerprint density at radius 1 is 0.542 bits per heavy atom. The monoisotopic (exact) mass is 324 g/mol. The summed E-state index contributed by atoms with van der Waals surface area (Å²) in [5, 5.41) is 5.39. The van der Waals surface area contributed by atoms with Crippen molar-refractivity contribution in [2.24, 2.45) is 0 Å². The molecule has 4 aromatic carbocycles. The van der Waals surface area contributed by atoms with Crippen molar-refractivity contribution in [2.75, 3.05) is 0 Å². The standard InChI is InChI=1S/C23H16S/c1-15-7-4-10-17-16(15)9-5-11-18(17)20-12-6-13-21-19-8-2-3-14-22(19)24-23(20)21/h2-14H,1H3. The summed E-state index contributed by atoms with van der Waals surface area (Å²) in [6.07, 6.45) is 0. The first-order valence-corrected chi connectivity index (χ1v) is 9.03. The van der Waals surface area contributed by atoms with E-state index in [4.69, 9.17) is 0 Å². The molecule has 0 N–H and O–H groups in total. The summed E-state index contributed by atoms with van der Waals surface area (Å²) in [5.41, 5.74) is 4.00. The van der Waals surface area contributed by atoms with Gasteiger partial charge in [-0.3, -0.25) is 0 Å². The van der Waals surface area contributed by atoms with Gasteiger partial charge in [-0.1, -0.05) is 72.8 Å². The van der Waals surface area contributed by atoms with E-state index < -0.39 is 0 Å². The number of hydrogen-bond donors (Lipinski definition) is 0. The van der Waals surface area contributed by atoms with Crippen molar-refractivity contribution in [1.82, 2.24) is 0 Å². The van der Waals surface area contributed by atoms with Crippen molar-refractivity contribution in [3.63, 3.8) is 0 Å². The normalized spacial score (nSPS) is 11.5. The van der Waals surface area contributed by atoms with E-state index in [1.54, 1.807) is 0 Å². The minimum atomic E-state index is 1.33. The first-order valence-electron chi connectivity index (χ1n) is 8.22. The molecule has 0 aliphatic carbocycles. The highest BCUT2D eigenvalue weighted by molar-refractivity contribution is 7.26. The number of fused-ring (bicyclic) bond motifs is 4. The molecular weight excluding hydrogens is 308 g/mol. The van der Waals surface area contributed by atoms with Crippen LogP contribution in [0.5, 0.6) is 0 Å². The minimum Gasteiger partial charge on any atom is -0.135 e. The Kier molecular flexibility index (Phi) is 2.97. The first kappa shape index (κ1) is 13.8. The fourth-order valence-electron chi connectivity index (χ4n) is 3.66. The van der Waals surface area contributed by atoms with E-state index in [0.29, 0.717) is 0 Å². The summed E-state index contributed by atoms with van der Waals surface area (Å²) in [6, 6.07) is 28.6. The summed E-state index contributed by atoms with van der Waals surface area (Å²) in [6.45, 7) is 2.19. The molecule has 5 aromatic rings. The lowest BCUT2D eigenvalue weighted by Gasteiger charge is -2.10. The van der Waals surface area contributed by atoms with Crippen molar-refractivity contribution < 1.29 is 0 Å². The zero-order valence-electron chi connectivity index (χ0n) is 13.4. The largest absolute Gasteiger partial charge is 0.135 e. The van der Waals surface area contributed by atoms with Crippen LogP contribution in [0.2, 0.25) is 0 Å². The number of benzene rings is 4. The summed E-state index contributed by atoms with van der Waals surface area (Å²) >= 11 is 1.90. The molecule has 0 radical (unpaired) electrons. The van der Waals surface area contributed by atoms with Gasteiger partial charge in [-0.2, -0.15) is 0 Å². The van der Waals surface area contributed by atoms with Crippen molar-refractivity contribution in [1.29, 1.82) is 0 Å². The maximum atomic E-state index is 2.26. The molecule has 0 amide bonds. The lowest BCUT2D eigenvalue weighted by atomic mass is 9.95. The lowest BCUT2D eigenvalue weighted by molar-refractivity contribution is 1.53. The molecular formula is C23H16S. The average Bonchev–Trinajstić information content (AvgIpc) is 3.00. The van der Waals surface area contributed by atoms with Gasteiger partial charge in [0.05, 0.1) is 0 Å². The maximum Gasteiger partial charge on any atom is 0.0434 e. The Morgan fingerprint density at radius 3 is 2.12 bits per heavy atom. The molecule has 0 saturated heterocycles. The minimum absolute atomic E-state index is 1.33. The van der Waals surface area contributed by atoms with E-state index in [1.807, 2.05) is 11.3 Å². The van der Waals surface area contributed by atoms with E-state index >= 15 is 0 Å². The van der Waals surface area contributed by atoms with Crippen LogP contribution in [0.1, 0.15) is 5.56 Å². The van der Waals surface area contributed by atoms with Crippen LogP contribution >= 0.6 is 11.3 Å². The molecule has 0 spiro atoms. The SMILES string of the molecule is Cc1cccc2c(-c3cccc4c3sc3ccccc34)cccc12. The molecule has 5 rings (SSSR count). The van der Waals surface area contributed by atoms with Crippen LogP contribution in [0.15, 0.2) is 78.9 Å². The van der Waals surface area contributed by atoms with Crippen LogP contribution < -0.4 is 0 Å². The zero-order valence-corrected chi connectivity index (χ0v) is 14.2. The molecule has 0 aliphatic heterocycles. The summed E-state index contributed by atoms with van der Waals surface area (Å²) < 4.78 is 2.74. The van der Waals surface area contributed by atoms with Gasteiger partial charge >= 0.3 is 0 Å². The van der Waals surface area contributed by atoms with Gasteiger partial charge in [0.1, 0.15) is 0 Å². The Bertz CT molecular complexity index is 1210. The van der Waals surface area contributed by atoms with E-state index in [-0.39, 0.29) is 0 Å². The molecule has 0 unspecified atom stereocenters. The van der Waals surface area contributed by atoms with E-state index in [9.17, 15) is 0 Å². The van der Waals surface area contributed by atoms with Crippen molar-refractivity contribution >= 4 is 42.3 Å². The first-order chi connectivity index (χ1) is 11.8. The van der Waals surface area contributed by atoms with Gasteiger partial charge < -0.3 is 0 Å². The highest BCUT2D eigenvalue weighted by Gasteiger charge is 2.12. The third-order valence-electron chi connectivity index (χ3n) is 4.83. The lowest BCUT2D eigenvalue weighted by Crippen LogP contribution is -1.84. The predicted molar refractivity (Wildman–Crippen MR) is 107 cm³/mol. The van der Waals surface area contributed by atoms with Crippen LogP contribution in [0, 0.1) is 6.92 Å². The summed E-state index contributed by atoms with van der Waals surface area (Å²) in [4.78, 5) is 0. The fourth-order valence-corrected chi connectivity index (χ4v) is 4.89. The summed E-state index contributed by atoms with van der Waals surface area (Å²) in [5.74, 6) is 0. The number of hydrogen-bond acceptors (Lipinski definition) is 1. The molecule has 1 aromatic heterocycles. The second kappa shape index (κ2) is 5.19. The number of aryl methyl sites for hydroxylation is 1. The zero-order chi connectivity index (χ0) is 16.1. The van der Waals surface area contributed by atoms with Gasteiger partial charge in [0.2, 0.25) is 0 Å². The van der Waals surface area contributed by atoms with Crippen molar-refractivity contribution in [3.05, 3.63) is 84.4 Å². The van der Waals surface area contributed by atoms with Crippen molar-refractivity contribution in [3.8, 4) is 11.1 Å². The van der Waals surface area contributed by atoms with Crippen molar-refractivity contribution in [2.45, 2.75) is 6.92 Å². The van der Waals surface area contributed by atoms with E-state index in [1.165, 1.54) is 47.6 Å². The molecule has 1 heteroatoms. The highest BCUT2D eigenvalue weighted by Crippen LogP contribution is 2.41. The molecule has 0 saturated carbocycles. The molecule has 114 valence electrons. The second-order valence-corrected chi connectivity index (χ2v) is 7.31. The van der Waals surface area contributed by atoms with E-state index in [0.717, 1.165) is 0 Å². The third-order valence-corrected chi connectivity index (χ3v) is 6.05. The van der Waals surface area contributed by atoms with Crippen LogP contribution in [0.25, 0.3) is 42.1 Å². The Balaban J connectivity index is 1.92. The van der Waals surface area contributed by atoms with E-state index in [2.05, 4.69) is 85.8 Å². The molecule has 0 nitrogen and oxygen atoms in total. The van der Waals surface area contributed by atoms with Crippen LogP contribution in [-0.4, -0.2) is 0 Å². The number of rotatable bonds is 1. The highest BCUT2D eigenvalue weighted by atomic mass is 32.1. The Labute approximate surface area is 145 Å². The van der Waals surface area contributed by atoms with Gasteiger partial charge in [0.15, 0.2) is 0 Å². The van der Waals surface area contributed by atoms with Gasteiger partial charge in [-0.25, -0.2) is 0 Å². The van der Waals surface area contributed by atoms with Crippen LogP contribution in [0.3, 0.4) is 0 Å². The molecule has 0 fully saturated rings. The smallest absolute Gasteiger partial charge is 0.0434 e. The maximum absolute atomic E-state index is 2.26. The second-order valence-electron chi connectivity index (χ2n) is 6.26. The Hall–Kier alpha value is -2.64.